The van der Waals surface area contributed by atoms with Crippen LogP contribution in [0.2, 0.25) is 0 Å². The molecule has 1 heterocycles. The van der Waals surface area contributed by atoms with Crippen LogP contribution in [-0.2, 0) is 6.18 Å². The second-order valence-corrected chi connectivity index (χ2v) is 10.0. The molecule has 0 fully saturated rings. The fraction of sp³-hybridized carbons (Fsp3) is 0.333. The van der Waals surface area contributed by atoms with Gasteiger partial charge in [-0.3, -0.25) is 0 Å². The van der Waals surface area contributed by atoms with Crippen LogP contribution in [0.5, 0.6) is 0 Å². The predicted octanol–water partition coefficient (Wildman–Crippen LogP) is 8.93. The number of halogens is 3. The molecule has 0 aliphatic carbocycles. The van der Waals surface area contributed by atoms with Crippen LogP contribution < -0.4 is 0 Å². The molecule has 0 aliphatic rings. The molecule has 1 unspecified atom stereocenters. The van der Waals surface area contributed by atoms with Crippen LogP contribution in [0.3, 0.4) is 0 Å². The lowest BCUT2D eigenvalue weighted by Gasteiger charge is -2.19. The Balaban J connectivity index is 1.89. The molecule has 0 saturated carbocycles. The van der Waals surface area contributed by atoms with Crippen molar-refractivity contribution in [2.45, 2.75) is 50.4 Å². The van der Waals surface area contributed by atoms with E-state index in [2.05, 4.69) is 43.5 Å². The summed E-state index contributed by atoms with van der Waals surface area (Å²) in [6.45, 7) is 8.55. The Bertz CT molecular complexity index is 916. The molecule has 0 amide bonds. The number of hydrogen-bond donors (Lipinski definition) is 0. The number of aryl methyl sites for hydroxylation is 2. The van der Waals surface area contributed by atoms with Crippen molar-refractivity contribution in [3.63, 3.8) is 0 Å². The van der Waals surface area contributed by atoms with E-state index in [4.69, 9.17) is 0 Å². The van der Waals surface area contributed by atoms with Gasteiger partial charge in [-0.1, -0.05) is 32.0 Å². The highest BCUT2D eigenvalue weighted by Gasteiger charge is 2.30. The van der Waals surface area contributed by atoms with Crippen LogP contribution in [0.4, 0.5) is 13.2 Å². The van der Waals surface area contributed by atoms with Crippen molar-refractivity contribution >= 4 is 23.1 Å². The molecule has 0 saturated heterocycles. The van der Waals surface area contributed by atoms with Gasteiger partial charge in [0.1, 0.15) is 0 Å². The highest BCUT2D eigenvalue weighted by molar-refractivity contribution is 7.99. The molecule has 0 N–H and O–H groups in total. The Morgan fingerprint density at radius 2 is 1.59 bits per heavy atom. The summed E-state index contributed by atoms with van der Waals surface area (Å²) in [6.07, 6.45) is -3.21. The first-order chi connectivity index (χ1) is 13.6. The van der Waals surface area contributed by atoms with Gasteiger partial charge in [0.25, 0.3) is 0 Å². The van der Waals surface area contributed by atoms with E-state index in [-0.39, 0.29) is 0 Å². The molecule has 29 heavy (non-hydrogen) atoms. The predicted molar refractivity (Wildman–Crippen MR) is 119 cm³/mol. The van der Waals surface area contributed by atoms with Crippen molar-refractivity contribution in [1.82, 2.24) is 0 Å². The molecule has 0 spiro atoms. The summed E-state index contributed by atoms with van der Waals surface area (Å²) in [5.41, 5.74) is 3.39. The van der Waals surface area contributed by atoms with Gasteiger partial charge in [-0.05, 0) is 84.2 Å². The van der Waals surface area contributed by atoms with Crippen LogP contribution in [-0.4, -0.2) is 0 Å². The minimum absolute atomic E-state index is 0.408. The molecular weight excluding hydrogens is 409 g/mol. The highest BCUT2D eigenvalue weighted by atomic mass is 32.2. The highest BCUT2D eigenvalue weighted by Crippen LogP contribution is 2.43. The van der Waals surface area contributed by atoms with Gasteiger partial charge in [-0.25, -0.2) is 0 Å². The Kier molecular flexibility index (Phi) is 6.79. The monoisotopic (exact) mass is 434 g/mol. The fourth-order valence-corrected chi connectivity index (χ4v) is 6.09. The Morgan fingerprint density at radius 3 is 2.07 bits per heavy atom. The van der Waals surface area contributed by atoms with Crippen LogP contribution >= 0.6 is 23.1 Å². The third kappa shape index (κ3) is 5.46. The van der Waals surface area contributed by atoms with Crippen molar-refractivity contribution in [3.8, 4) is 11.1 Å². The largest absolute Gasteiger partial charge is 0.416 e. The van der Waals surface area contributed by atoms with Crippen LogP contribution in [0.15, 0.2) is 58.8 Å². The molecular formula is C24H25F3S2. The molecule has 5 heteroatoms. The van der Waals surface area contributed by atoms with Gasteiger partial charge in [0.2, 0.25) is 0 Å². The lowest BCUT2D eigenvalue weighted by atomic mass is 9.95. The molecule has 154 valence electrons. The molecule has 3 rings (SSSR count). The number of benzene rings is 2. The standard InChI is InChI=1S/C24H25F3S2/c1-15(2)12-22(21-6-5-11-28-21)29-20-13-16(3)23(17(4)14-20)18-7-9-19(10-8-18)24(25,26)27/h5-11,13-15,22H,12H2,1-4H3. The maximum atomic E-state index is 12.9. The van der Waals surface area contributed by atoms with E-state index >= 15 is 0 Å². The van der Waals surface area contributed by atoms with Crippen molar-refractivity contribution in [3.05, 3.63) is 75.5 Å². The van der Waals surface area contributed by atoms with Gasteiger partial charge in [-0.2, -0.15) is 13.2 Å². The summed E-state index contributed by atoms with van der Waals surface area (Å²) < 4.78 is 38.6. The molecule has 0 aliphatic heterocycles. The topological polar surface area (TPSA) is 0 Å². The molecule has 0 bridgehead atoms. The Hall–Kier alpha value is -1.72. The van der Waals surface area contributed by atoms with Gasteiger partial charge in [0, 0.05) is 15.0 Å². The summed E-state index contributed by atoms with van der Waals surface area (Å²) in [6, 6.07) is 14.1. The van der Waals surface area contributed by atoms with Crippen molar-refractivity contribution in [2.75, 3.05) is 0 Å². The van der Waals surface area contributed by atoms with Gasteiger partial charge in [0.05, 0.1) is 5.56 Å². The first-order valence-electron chi connectivity index (χ1n) is 9.64. The number of alkyl halides is 3. The number of hydrogen-bond acceptors (Lipinski definition) is 2. The second-order valence-electron chi connectivity index (χ2n) is 7.76. The van der Waals surface area contributed by atoms with Gasteiger partial charge >= 0.3 is 6.18 Å². The van der Waals surface area contributed by atoms with Gasteiger partial charge < -0.3 is 0 Å². The van der Waals surface area contributed by atoms with Crippen molar-refractivity contribution < 1.29 is 13.2 Å². The third-order valence-electron chi connectivity index (χ3n) is 4.83. The normalized spacial score (nSPS) is 13.1. The molecule has 1 aromatic heterocycles. The number of thioether (sulfide) groups is 1. The molecule has 0 radical (unpaired) electrons. The van der Waals surface area contributed by atoms with E-state index in [9.17, 15) is 13.2 Å². The smallest absolute Gasteiger partial charge is 0.166 e. The summed E-state index contributed by atoms with van der Waals surface area (Å²) in [5, 5.41) is 2.53. The average Bonchev–Trinajstić information content (AvgIpc) is 3.14. The quantitative estimate of drug-likeness (QED) is 0.349. The molecule has 2 aromatic carbocycles. The summed E-state index contributed by atoms with van der Waals surface area (Å²) in [5.74, 6) is 0.600. The Morgan fingerprint density at radius 1 is 0.966 bits per heavy atom. The van der Waals surface area contributed by atoms with Crippen molar-refractivity contribution in [2.24, 2.45) is 5.92 Å². The number of rotatable bonds is 6. The maximum absolute atomic E-state index is 12.9. The molecule has 3 aromatic rings. The van der Waals surface area contributed by atoms with Crippen molar-refractivity contribution in [1.29, 1.82) is 0 Å². The van der Waals surface area contributed by atoms with Gasteiger partial charge in [0.15, 0.2) is 0 Å². The first-order valence-corrected chi connectivity index (χ1v) is 11.4. The van der Waals surface area contributed by atoms with Crippen LogP contribution in [0, 0.1) is 19.8 Å². The van der Waals surface area contributed by atoms with E-state index in [0.717, 1.165) is 40.8 Å². The van der Waals surface area contributed by atoms with E-state index in [0.29, 0.717) is 11.2 Å². The van der Waals surface area contributed by atoms with E-state index in [1.807, 2.05) is 25.6 Å². The lowest BCUT2D eigenvalue weighted by Crippen LogP contribution is -2.04. The number of thiophene rings is 1. The Labute approximate surface area is 179 Å². The SMILES string of the molecule is Cc1cc(SC(CC(C)C)c2cccs2)cc(C)c1-c1ccc(C(F)(F)F)cc1. The zero-order valence-electron chi connectivity index (χ0n) is 17.0. The van der Waals surface area contributed by atoms with E-state index < -0.39 is 11.7 Å². The third-order valence-corrected chi connectivity index (χ3v) is 7.21. The second kappa shape index (κ2) is 8.97. The molecule has 1 atom stereocenters. The fourth-order valence-electron chi connectivity index (χ4n) is 3.56. The van der Waals surface area contributed by atoms with Crippen LogP contribution in [0.1, 0.15) is 47.1 Å². The summed E-state index contributed by atoms with van der Waals surface area (Å²) in [7, 11) is 0. The van der Waals surface area contributed by atoms with Crippen LogP contribution in [0.25, 0.3) is 11.1 Å². The minimum atomic E-state index is -4.31. The lowest BCUT2D eigenvalue weighted by molar-refractivity contribution is -0.137. The van der Waals surface area contributed by atoms with E-state index in [1.54, 1.807) is 23.5 Å². The van der Waals surface area contributed by atoms with E-state index in [1.165, 1.54) is 9.77 Å². The first kappa shape index (κ1) is 22.0. The summed E-state index contributed by atoms with van der Waals surface area (Å²) in [4.78, 5) is 2.58. The maximum Gasteiger partial charge on any atom is 0.416 e. The molecule has 0 nitrogen and oxygen atoms in total. The summed E-state index contributed by atoms with van der Waals surface area (Å²) >= 11 is 3.67. The zero-order valence-corrected chi connectivity index (χ0v) is 18.6. The van der Waals surface area contributed by atoms with Gasteiger partial charge in [-0.15, -0.1) is 23.1 Å². The average molecular weight is 435 g/mol. The zero-order chi connectivity index (χ0) is 21.2. The minimum Gasteiger partial charge on any atom is -0.166 e.